The second kappa shape index (κ2) is 11.4. The van der Waals surface area contributed by atoms with E-state index >= 15 is 0 Å². The Kier molecular flexibility index (Phi) is 11.3. The van der Waals surface area contributed by atoms with Crippen LogP contribution in [0, 0.1) is 0 Å². The molecule has 0 aliphatic heterocycles. The van der Waals surface area contributed by atoms with Crippen molar-refractivity contribution in [2.75, 3.05) is 7.11 Å². The second-order valence-corrected chi connectivity index (χ2v) is 4.66. The number of rotatable bonds is 11. The van der Waals surface area contributed by atoms with E-state index in [1.54, 1.807) is 7.11 Å². The Balaban J connectivity index is 3.18. The third-order valence-electron chi connectivity index (χ3n) is 2.97. The maximum atomic E-state index is 5.62. The van der Waals surface area contributed by atoms with Crippen molar-refractivity contribution >= 4 is 0 Å². The summed E-state index contributed by atoms with van der Waals surface area (Å²) in [5.74, 6) is 0. The highest BCUT2D eigenvalue weighted by Crippen LogP contribution is 2.12. The average molecular weight is 230 g/mol. The van der Waals surface area contributed by atoms with Gasteiger partial charge in [-0.3, -0.25) is 0 Å². The zero-order valence-electron chi connectivity index (χ0n) is 11.6. The molecular formula is C14H30O2. The van der Waals surface area contributed by atoms with Gasteiger partial charge in [0.15, 0.2) is 6.29 Å². The van der Waals surface area contributed by atoms with E-state index in [9.17, 15) is 0 Å². The summed E-state index contributed by atoms with van der Waals surface area (Å²) in [4.78, 5) is 0. The molecule has 16 heavy (non-hydrogen) atoms. The van der Waals surface area contributed by atoms with Crippen LogP contribution in [0.5, 0.6) is 0 Å². The van der Waals surface area contributed by atoms with Crippen LogP contribution in [0.3, 0.4) is 0 Å². The normalized spacial score (nSPS) is 15.0. The smallest absolute Gasteiger partial charge is 0.154 e. The van der Waals surface area contributed by atoms with Crippen molar-refractivity contribution in [3.05, 3.63) is 0 Å². The summed E-state index contributed by atoms with van der Waals surface area (Å²) in [5, 5.41) is 0. The average Bonchev–Trinajstić information content (AvgIpc) is 2.27. The Morgan fingerprint density at radius 3 is 2.00 bits per heavy atom. The SMILES string of the molecule is CCCCCCCCCC(C)OC(C)OC. The van der Waals surface area contributed by atoms with Gasteiger partial charge in [-0.2, -0.15) is 0 Å². The second-order valence-electron chi connectivity index (χ2n) is 4.66. The molecule has 0 heterocycles. The molecule has 98 valence electrons. The summed E-state index contributed by atoms with van der Waals surface area (Å²) in [6.45, 7) is 6.34. The van der Waals surface area contributed by atoms with Crippen LogP contribution in [0.2, 0.25) is 0 Å². The number of ether oxygens (including phenoxy) is 2. The van der Waals surface area contributed by atoms with Gasteiger partial charge in [0, 0.05) is 7.11 Å². The number of hydrogen-bond acceptors (Lipinski definition) is 2. The molecule has 0 aliphatic carbocycles. The first-order valence-corrected chi connectivity index (χ1v) is 6.89. The lowest BCUT2D eigenvalue weighted by Crippen LogP contribution is -2.18. The fourth-order valence-electron chi connectivity index (χ4n) is 1.84. The molecule has 0 fully saturated rings. The Labute approximate surface area is 102 Å². The molecule has 0 aromatic carbocycles. The van der Waals surface area contributed by atoms with Gasteiger partial charge >= 0.3 is 0 Å². The van der Waals surface area contributed by atoms with E-state index in [-0.39, 0.29) is 6.29 Å². The minimum absolute atomic E-state index is 0.0699. The predicted molar refractivity (Wildman–Crippen MR) is 69.6 cm³/mol. The Morgan fingerprint density at radius 2 is 1.44 bits per heavy atom. The quantitative estimate of drug-likeness (QED) is 0.383. The highest BCUT2D eigenvalue weighted by Gasteiger charge is 2.06. The van der Waals surface area contributed by atoms with Crippen molar-refractivity contribution < 1.29 is 9.47 Å². The highest BCUT2D eigenvalue weighted by molar-refractivity contribution is 4.52. The molecule has 0 saturated carbocycles. The molecule has 0 aromatic heterocycles. The van der Waals surface area contributed by atoms with E-state index in [2.05, 4.69) is 13.8 Å². The number of unbranched alkanes of at least 4 members (excludes halogenated alkanes) is 6. The maximum absolute atomic E-state index is 5.62. The Bertz CT molecular complexity index is 137. The zero-order valence-corrected chi connectivity index (χ0v) is 11.6. The minimum atomic E-state index is -0.0699. The standard InChI is InChI=1S/C14H30O2/c1-5-6-7-8-9-10-11-12-13(2)16-14(3)15-4/h13-14H,5-12H2,1-4H3. The summed E-state index contributed by atoms with van der Waals surface area (Å²) in [7, 11) is 1.69. The Hall–Kier alpha value is -0.0800. The highest BCUT2D eigenvalue weighted by atomic mass is 16.7. The lowest BCUT2D eigenvalue weighted by atomic mass is 10.1. The van der Waals surface area contributed by atoms with E-state index in [1.165, 1.54) is 44.9 Å². The van der Waals surface area contributed by atoms with E-state index in [0.717, 1.165) is 6.42 Å². The van der Waals surface area contributed by atoms with Gasteiger partial charge in [-0.05, 0) is 20.3 Å². The molecule has 2 unspecified atom stereocenters. The maximum Gasteiger partial charge on any atom is 0.154 e. The first-order chi connectivity index (χ1) is 7.70. The molecule has 0 rings (SSSR count). The van der Waals surface area contributed by atoms with Gasteiger partial charge in [0.2, 0.25) is 0 Å². The lowest BCUT2D eigenvalue weighted by molar-refractivity contribution is -0.140. The van der Waals surface area contributed by atoms with Crippen LogP contribution in [-0.2, 0) is 9.47 Å². The van der Waals surface area contributed by atoms with Crippen molar-refractivity contribution in [3.8, 4) is 0 Å². The van der Waals surface area contributed by atoms with Crippen LogP contribution in [0.1, 0.15) is 72.1 Å². The van der Waals surface area contributed by atoms with Crippen LogP contribution in [0.15, 0.2) is 0 Å². The predicted octanol–water partition coefficient (Wildman–Crippen LogP) is 4.52. The van der Waals surface area contributed by atoms with Gasteiger partial charge in [-0.15, -0.1) is 0 Å². The van der Waals surface area contributed by atoms with Crippen molar-refractivity contribution in [3.63, 3.8) is 0 Å². The van der Waals surface area contributed by atoms with Crippen molar-refractivity contribution in [1.82, 2.24) is 0 Å². The van der Waals surface area contributed by atoms with Crippen LogP contribution < -0.4 is 0 Å². The van der Waals surface area contributed by atoms with Gasteiger partial charge in [0.25, 0.3) is 0 Å². The van der Waals surface area contributed by atoms with Gasteiger partial charge in [0.1, 0.15) is 0 Å². The third-order valence-corrected chi connectivity index (χ3v) is 2.97. The topological polar surface area (TPSA) is 18.5 Å². The molecule has 0 N–H and O–H groups in total. The van der Waals surface area contributed by atoms with Crippen molar-refractivity contribution in [2.45, 2.75) is 84.5 Å². The largest absolute Gasteiger partial charge is 0.356 e. The molecular weight excluding hydrogens is 200 g/mol. The Morgan fingerprint density at radius 1 is 0.875 bits per heavy atom. The van der Waals surface area contributed by atoms with E-state index in [0.29, 0.717) is 6.10 Å². The summed E-state index contributed by atoms with van der Waals surface area (Å²) in [5.41, 5.74) is 0. The zero-order chi connectivity index (χ0) is 12.2. The molecule has 0 spiro atoms. The molecule has 0 aromatic rings. The molecule has 0 aliphatic rings. The van der Waals surface area contributed by atoms with Crippen molar-refractivity contribution in [1.29, 1.82) is 0 Å². The number of hydrogen-bond donors (Lipinski definition) is 0. The molecule has 2 nitrogen and oxygen atoms in total. The van der Waals surface area contributed by atoms with E-state index in [1.807, 2.05) is 6.92 Å². The van der Waals surface area contributed by atoms with Crippen molar-refractivity contribution in [2.24, 2.45) is 0 Å². The molecule has 0 radical (unpaired) electrons. The molecule has 2 heteroatoms. The van der Waals surface area contributed by atoms with Gasteiger partial charge < -0.3 is 9.47 Å². The fourth-order valence-corrected chi connectivity index (χ4v) is 1.84. The van der Waals surface area contributed by atoms with Crippen LogP contribution in [0.4, 0.5) is 0 Å². The molecule has 2 atom stereocenters. The van der Waals surface area contributed by atoms with Crippen LogP contribution in [-0.4, -0.2) is 19.5 Å². The molecule has 0 amide bonds. The summed E-state index contributed by atoms with van der Waals surface area (Å²) >= 11 is 0. The molecule has 0 saturated heterocycles. The first kappa shape index (κ1) is 15.9. The molecule has 0 bridgehead atoms. The number of methoxy groups -OCH3 is 1. The van der Waals surface area contributed by atoms with Gasteiger partial charge in [0.05, 0.1) is 6.10 Å². The lowest BCUT2D eigenvalue weighted by Gasteiger charge is -2.17. The van der Waals surface area contributed by atoms with Crippen LogP contribution >= 0.6 is 0 Å². The minimum Gasteiger partial charge on any atom is -0.356 e. The summed E-state index contributed by atoms with van der Waals surface area (Å²) < 4.78 is 10.7. The van der Waals surface area contributed by atoms with Gasteiger partial charge in [-0.25, -0.2) is 0 Å². The first-order valence-electron chi connectivity index (χ1n) is 6.89. The van der Waals surface area contributed by atoms with Crippen LogP contribution in [0.25, 0.3) is 0 Å². The van der Waals surface area contributed by atoms with Gasteiger partial charge in [-0.1, -0.05) is 51.9 Å². The third kappa shape index (κ3) is 10.4. The van der Waals surface area contributed by atoms with E-state index < -0.39 is 0 Å². The summed E-state index contributed by atoms with van der Waals surface area (Å²) in [6.07, 6.45) is 11.0. The summed E-state index contributed by atoms with van der Waals surface area (Å²) in [6, 6.07) is 0. The van der Waals surface area contributed by atoms with E-state index in [4.69, 9.17) is 9.47 Å². The fraction of sp³-hybridized carbons (Fsp3) is 1.00. The monoisotopic (exact) mass is 230 g/mol.